The van der Waals surface area contributed by atoms with E-state index in [1.807, 2.05) is 30.3 Å². The van der Waals surface area contributed by atoms with E-state index in [4.69, 9.17) is 4.42 Å². The van der Waals surface area contributed by atoms with Gasteiger partial charge in [-0.1, -0.05) is 30.3 Å². The zero-order valence-electron chi connectivity index (χ0n) is 14.5. The molecule has 1 aromatic heterocycles. The summed E-state index contributed by atoms with van der Waals surface area (Å²) < 4.78 is 32.0. The Bertz CT molecular complexity index is 768. The molecule has 0 unspecified atom stereocenters. The van der Waals surface area contributed by atoms with Gasteiger partial charge in [0.1, 0.15) is 0 Å². The Morgan fingerprint density at radius 3 is 2.40 bits per heavy atom. The predicted octanol–water partition coefficient (Wildman–Crippen LogP) is 1.11. The molecule has 0 radical (unpaired) electrons. The zero-order chi connectivity index (χ0) is 17.7. The third-order valence-corrected chi connectivity index (χ3v) is 6.30. The molecule has 8 heteroatoms. The van der Waals surface area contributed by atoms with Crippen molar-refractivity contribution in [1.29, 1.82) is 0 Å². The van der Waals surface area contributed by atoms with Crippen LogP contribution in [0.1, 0.15) is 17.3 Å². The van der Waals surface area contributed by atoms with Gasteiger partial charge < -0.3 is 9.32 Å². The standard InChI is InChI=1S/C17H24N4O3S/c1-15-18-19-17(24-15)7-9-20-10-12-21(13-11-20)25(22,23)14-8-16-5-3-2-4-6-16/h2-6H,7-14H2,1H3. The van der Waals surface area contributed by atoms with E-state index in [2.05, 4.69) is 15.1 Å². The Morgan fingerprint density at radius 2 is 1.76 bits per heavy atom. The molecule has 0 aliphatic carbocycles. The first-order valence-corrected chi connectivity index (χ1v) is 10.2. The van der Waals surface area contributed by atoms with Gasteiger partial charge in [-0.2, -0.15) is 4.31 Å². The Hall–Kier alpha value is -1.77. The fourth-order valence-corrected chi connectivity index (χ4v) is 4.42. The van der Waals surface area contributed by atoms with E-state index in [0.29, 0.717) is 37.7 Å². The minimum absolute atomic E-state index is 0.165. The smallest absolute Gasteiger partial charge is 0.217 e. The van der Waals surface area contributed by atoms with Crippen LogP contribution >= 0.6 is 0 Å². The molecule has 0 bridgehead atoms. The average Bonchev–Trinajstić information content (AvgIpc) is 3.05. The highest BCUT2D eigenvalue weighted by Gasteiger charge is 2.26. The number of hydrogen-bond acceptors (Lipinski definition) is 6. The van der Waals surface area contributed by atoms with E-state index >= 15 is 0 Å². The van der Waals surface area contributed by atoms with E-state index in [0.717, 1.165) is 25.2 Å². The van der Waals surface area contributed by atoms with Crippen LogP contribution in [0.4, 0.5) is 0 Å². The number of nitrogens with zero attached hydrogens (tertiary/aromatic N) is 4. The molecule has 1 aliphatic rings. The molecule has 0 atom stereocenters. The maximum atomic E-state index is 12.5. The van der Waals surface area contributed by atoms with E-state index < -0.39 is 10.0 Å². The second-order valence-corrected chi connectivity index (χ2v) is 8.35. The molecule has 1 aromatic carbocycles. The van der Waals surface area contributed by atoms with Crippen molar-refractivity contribution in [1.82, 2.24) is 19.4 Å². The van der Waals surface area contributed by atoms with Crippen LogP contribution in [0, 0.1) is 6.92 Å². The second-order valence-electron chi connectivity index (χ2n) is 6.26. The maximum Gasteiger partial charge on any atom is 0.217 e. The lowest BCUT2D eigenvalue weighted by atomic mass is 10.2. The normalized spacial score (nSPS) is 17.0. The third-order valence-electron chi connectivity index (χ3n) is 4.43. The van der Waals surface area contributed by atoms with Crippen molar-refractivity contribution in [2.75, 3.05) is 38.5 Å². The van der Waals surface area contributed by atoms with Crippen LogP contribution in [0.3, 0.4) is 0 Å². The van der Waals surface area contributed by atoms with Gasteiger partial charge in [0.15, 0.2) is 0 Å². The fraction of sp³-hybridized carbons (Fsp3) is 0.529. The predicted molar refractivity (Wildman–Crippen MR) is 94.7 cm³/mol. The molecule has 25 heavy (non-hydrogen) atoms. The molecule has 3 rings (SSSR count). The Balaban J connectivity index is 1.44. The summed E-state index contributed by atoms with van der Waals surface area (Å²) in [5.74, 6) is 1.37. The molecule has 7 nitrogen and oxygen atoms in total. The summed E-state index contributed by atoms with van der Waals surface area (Å²) in [7, 11) is -3.20. The van der Waals surface area contributed by atoms with E-state index in [1.54, 1.807) is 11.2 Å². The number of benzene rings is 1. The van der Waals surface area contributed by atoms with Gasteiger partial charge in [0, 0.05) is 46.1 Å². The van der Waals surface area contributed by atoms with Gasteiger partial charge in [-0.15, -0.1) is 10.2 Å². The van der Waals surface area contributed by atoms with Crippen molar-refractivity contribution in [2.45, 2.75) is 19.8 Å². The van der Waals surface area contributed by atoms with Gasteiger partial charge in [-0.25, -0.2) is 8.42 Å². The third kappa shape index (κ3) is 5.10. The molecule has 0 N–H and O–H groups in total. The lowest BCUT2D eigenvalue weighted by molar-refractivity contribution is 0.186. The van der Waals surface area contributed by atoms with Crippen LogP contribution in [-0.4, -0.2) is 66.3 Å². The van der Waals surface area contributed by atoms with Crippen LogP contribution in [-0.2, 0) is 22.9 Å². The van der Waals surface area contributed by atoms with Crippen LogP contribution < -0.4 is 0 Å². The van der Waals surface area contributed by atoms with Gasteiger partial charge in [0.25, 0.3) is 0 Å². The van der Waals surface area contributed by atoms with Crippen molar-refractivity contribution >= 4 is 10.0 Å². The van der Waals surface area contributed by atoms with Crippen molar-refractivity contribution in [2.24, 2.45) is 0 Å². The summed E-state index contributed by atoms with van der Waals surface area (Å²) in [6.07, 6.45) is 1.25. The molecular weight excluding hydrogens is 340 g/mol. The fourth-order valence-electron chi connectivity index (χ4n) is 2.94. The monoisotopic (exact) mass is 364 g/mol. The van der Waals surface area contributed by atoms with Gasteiger partial charge in [0.2, 0.25) is 21.8 Å². The molecule has 136 valence electrons. The van der Waals surface area contributed by atoms with Crippen molar-refractivity contribution < 1.29 is 12.8 Å². The van der Waals surface area contributed by atoms with E-state index in [-0.39, 0.29) is 5.75 Å². The first-order valence-electron chi connectivity index (χ1n) is 8.56. The number of sulfonamides is 1. The van der Waals surface area contributed by atoms with Crippen molar-refractivity contribution in [3.05, 3.63) is 47.7 Å². The summed E-state index contributed by atoms with van der Waals surface area (Å²) in [6, 6.07) is 9.74. The molecule has 1 fully saturated rings. The molecule has 0 amide bonds. The van der Waals surface area contributed by atoms with Gasteiger partial charge in [0.05, 0.1) is 5.75 Å². The lowest BCUT2D eigenvalue weighted by Crippen LogP contribution is -2.49. The largest absolute Gasteiger partial charge is 0.426 e. The van der Waals surface area contributed by atoms with Crippen LogP contribution in [0.25, 0.3) is 0 Å². The van der Waals surface area contributed by atoms with Gasteiger partial charge in [-0.3, -0.25) is 0 Å². The van der Waals surface area contributed by atoms with Crippen LogP contribution in [0.5, 0.6) is 0 Å². The molecule has 2 heterocycles. The van der Waals surface area contributed by atoms with Gasteiger partial charge >= 0.3 is 0 Å². The molecule has 0 spiro atoms. The topological polar surface area (TPSA) is 79.5 Å². The molecule has 2 aromatic rings. The summed E-state index contributed by atoms with van der Waals surface area (Å²) in [5.41, 5.74) is 1.06. The molecule has 1 aliphatic heterocycles. The molecule has 0 saturated carbocycles. The first-order chi connectivity index (χ1) is 12.0. The summed E-state index contributed by atoms with van der Waals surface area (Å²) in [4.78, 5) is 2.24. The average molecular weight is 364 g/mol. The highest BCUT2D eigenvalue weighted by Crippen LogP contribution is 2.11. The summed E-state index contributed by atoms with van der Waals surface area (Å²) >= 11 is 0. The number of rotatable bonds is 7. The molecular formula is C17H24N4O3S. The molecule has 1 saturated heterocycles. The number of aromatic nitrogens is 2. The number of aryl methyl sites for hydroxylation is 2. The second kappa shape index (κ2) is 8.07. The first kappa shape index (κ1) is 18.0. The van der Waals surface area contributed by atoms with Gasteiger partial charge in [-0.05, 0) is 12.0 Å². The lowest BCUT2D eigenvalue weighted by Gasteiger charge is -2.33. The van der Waals surface area contributed by atoms with E-state index in [1.165, 1.54) is 0 Å². The summed E-state index contributed by atoms with van der Waals surface area (Å²) in [5, 5.41) is 7.81. The maximum absolute atomic E-state index is 12.5. The van der Waals surface area contributed by atoms with Crippen LogP contribution in [0.2, 0.25) is 0 Å². The number of hydrogen-bond donors (Lipinski definition) is 0. The number of piperazine rings is 1. The van der Waals surface area contributed by atoms with Crippen molar-refractivity contribution in [3.8, 4) is 0 Å². The Labute approximate surface area is 148 Å². The Morgan fingerprint density at radius 1 is 1.04 bits per heavy atom. The highest BCUT2D eigenvalue weighted by molar-refractivity contribution is 7.89. The van der Waals surface area contributed by atoms with Crippen molar-refractivity contribution in [3.63, 3.8) is 0 Å². The van der Waals surface area contributed by atoms with Crippen LogP contribution in [0.15, 0.2) is 34.7 Å². The quantitative estimate of drug-likeness (QED) is 0.732. The zero-order valence-corrected chi connectivity index (χ0v) is 15.3. The SMILES string of the molecule is Cc1nnc(CCN2CCN(S(=O)(=O)CCc3ccccc3)CC2)o1. The highest BCUT2D eigenvalue weighted by atomic mass is 32.2. The minimum Gasteiger partial charge on any atom is -0.426 e. The minimum atomic E-state index is -3.20. The Kier molecular flexibility index (Phi) is 5.82. The summed E-state index contributed by atoms with van der Waals surface area (Å²) in [6.45, 7) is 5.13. The van der Waals surface area contributed by atoms with E-state index in [9.17, 15) is 8.42 Å².